The zero-order valence-corrected chi connectivity index (χ0v) is 21.6. The first-order valence-electron chi connectivity index (χ1n) is 10.8. The number of aliphatic hydroxyl groups is 2. The fourth-order valence-electron chi connectivity index (χ4n) is 3.31. The second kappa shape index (κ2) is 12.6. The van der Waals surface area contributed by atoms with Gasteiger partial charge in [-0.3, -0.25) is 0 Å². The fourth-order valence-corrected chi connectivity index (χ4v) is 3.31. The van der Waals surface area contributed by atoms with Gasteiger partial charge in [-0.1, -0.05) is 55.0 Å². The van der Waals surface area contributed by atoms with E-state index in [1.165, 1.54) is 11.1 Å². The molecule has 176 valence electrons. The molecule has 2 atom stereocenters. The third-order valence-electron chi connectivity index (χ3n) is 4.88. The third-order valence-corrected chi connectivity index (χ3v) is 4.88. The molecule has 3 aromatic carbocycles. The van der Waals surface area contributed by atoms with Gasteiger partial charge in [0.1, 0.15) is 0 Å². The van der Waals surface area contributed by atoms with E-state index in [0.29, 0.717) is 6.42 Å². The molecule has 6 heteroatoms. The van der Waals surface area contributed by atoms with Crippen LogP contribution < -0.4 is 0 Å². The van der Waals surface area contributed by atoms with E-state index >= 15 is 0 Å². The van der Waals surface area contributed by atoms with Crippen LogP contribution >= 0.6 is 0 Å². The van der Waals surface area contributed by atoms with Gasteiger partial charge in [-0.05, 0) is 39.3 Å². The van der Waals surface area contributed by atoms with Crippen molar-refractivity contribution in [2.24, 2.45) is 0 Å². The van der Waals surface area contributed by atoms with Crippen LogP contribution in [0.2, 0.25) is 0 Å². The Balaban J connectivity index is 0.000000423. The van der Waals surface area contributed by atoms with E-state index in [4.69, 9.17) is 10.2 Å². The van der Waals surface area contributed by atoms with Crippen molar-refractivity contribution in [2.75, 3.05) is 0 Å². The van der Waals surface area contributed by atoms with Crippen LogP contribution in [0.5, 0.6) is 0 Å². The first-order chi connectivity index (χ1) is 15.3. The predicted octanol–water partition coefficient (Wildman–Crippen LogP) is 5.15. The summed E-state index contributed by atoms with van der Waals surface area (Å²) in [5.41, 5.74) is 5.41. The number of aryl methyl sites for hydroxylation is 2. The van der Waals surface area contributed by atoms with Crippen molar-refractivity contribution in [3.8, 4) is 28.5 Å². The number of rotatable bonds is 5. The first-order valence-corrected chi connectivity index (χ1v) is 10.8. The van der Waals surface area contributed by atoms with Gasteiger partial charge in [-0.2, -0.15) is 5.10 Å². The standard InChI is InChI=1S/C22H18N3.C5H12O2.Pt/c1-16-8-12-18(13-9-16)21-23-24-22(19-14-10-17(2)11-15-19)25(21)20-6-4-3-5-7-20;1-4(6)3-5(2)7;/h3-14H,1-2H3;4-7H,3H2,1-2H3;/q-1;;. The molecule has 4 rings (SSSR count). The van der Waals surface area contributed by atoms with Crippen molar-refractivity contribution in [3.05, 3.63) is 90.0 Å². The molecule has 0 bridgehead atoms. The van der Waals surface area contributed by atoms with E-state index in [9.17, 15) is 0 Å². The quantitative estimate of drug-likeness (QED) is 0.302. The fraction of sp³-hybridized carbons (Fsp3) is 0.259. The molecule has 0 amide bonds. The first kappa shape index (κ1) is 26.7. The summed E-state index contributed by atoms with van der Waals surface area (Å²) in [6, 6.07) is 28.0. The molecule has 0 aliphatic rings. The van der Waals surface area contributed by atoms with Gasteiger partial charge in [0.25, 0.3) is 0 Å². The molecule has 0 saturated carbocycles. The van der Waals surface area contributed by atoms with Crippen molar-refractivity contribution in [1.29, 1.82) is 0 Å². The third kappa shape index (κ3) is 7.46. The maximum absolute atomic E-state index is 8.56. The van der Waals surface area contributed by atoms with Crippen molar-refractivity contribution >= 4 is 0 Å². The summed E-state index contributed by atoms with van der Waals surface area (Å²) in [5, 5.41) is 26.1. The average molecular weight is 624 g/mol. The van der Waals surface area contributed by atoms with Gasteiger partial charge in [-0.25, -0.2) is 0 Å². The number of aromatic nitrogens is 3. The number of hydrogen-bond acceptors (Lipinski definition) is 4. The van der Waals surface area contributed by atoms with E-state index < -0.39 is 0 Å². The number of aliphatic hydroxyl groups excluding tert-OH is 2. The van der Waals surface area contributed by atoms with Crippen LogP contribution in [0.3, 0.4) is 0 Å². The van der Waals surface area contributed by atoms with Crippen LogP contribution in [0.1, 0.15) is 31.4 Å². The molecule has 0 aliphatic carbocycles. The molecule has 5 nitrogen and oxygen atoms in total. The molecule has 2 N–H and O–H groups in total. The van der Waals surface area contributed by atoms with Crippen molar-refractivity contribution in [2.45, 2.75) is 46.3 Å². The molecule has 0 fully saturated rings. The Kier molecular flexibility index (Phi) is 10.2. The van der Waals surface area contributed by atoms with Crippen LogP contribution in [-0.4, -0.2) is 37.2 Å². The zero-order chi connectivity index (χ0) is 23.1. The van der Waals surface area contributed by atoms with Crippen molar-refractivity contribution in [3.63, 3.8) is 0 Å². The second-order valence-corrected chi connectivity index (χ2v) is 8.10. The Labute approximate surface area is 210 Å². The van der Waals surface area contributed by atoms with E-state index in [0.717, 1.165) is 28.5 Å². The molecule has 0 radical (unpaired) electrons. The largest absolute Gasteiger partial charge is 0.393 e. The number of benzene rings is 3. The molecule has 1 heterocycles. The minimum Gasteiger partial charge on any atom is -0.393 e. The van der Waals surface area contributed by atoms with Crippen LogP contribution in [-0.2, 0) is 21.1 Å². The summed E-state index contributed by atoms with van der Waals surface area (Å²) in [5.74, 6) is 1.62. The van der Waals surface area contributed by atoms with Crippen LogP contribution in [0.15, 0.2) is 72.8 Å². The van der Waals surface area contributed by atoms with Crippen molar-refractivity contribution < 1.29 is 31.3 Å². The summed E-state index contributed by atoms with van der Waals surface area (Å²) in [7, 11) is 0. The molecule has 2 unspecified atom stereocenters. The molecule has 0 aliphatic heterocycles. The smallest absolute Gasteiger partial charge is 0.159 e. The normalized spacial score (nSPS) is 12.2. The van der Waals surface area contributed by atoms with Crippen LogP contribution in [0.4, 0.5) is 0 Å². The van der Waals surface area contributed by atoms with Gasteiger partial charge < -0.3 is 14.8 Å². The van der Waals surface area contributed by atoms with Gasteiger partial charge in [0, 0.05) is 32.3 Å². The summed E-state index contributed by atoms with van der Waals surface area (Å²) in [6.45, 7) is 7.46. The molecule has 1 aromatic heterocycles. The van der Waals surface area contributed by atoms with Gasteiger partial charge in [-0.15, -0.1) is 40.5 Å². The maximum Gasteiger partial charge on any atom is 0.159 e. The molecular weight excluding hydrogens is 593 g/mol. The number of para-hydroxylation sites is 1. The predicted molar refractivity (Wildman–Crippen MR) is 129 cm³/mol. The van der Waals surface area contributed by atoms with E-state index in [2.05, 4.69) is 77.1 Å². The molecular formula is C27H30N3O2Pt-. The molecule has 0 spiro atoms. The minimum atomic E-state index is -0.375. The average Bonchev–Trinajstić information content (AvgIpc) is 3.20. The molecule has 0 saturated heterocycles. The van der Waals surface area contributed by atoms with Gasteiger partial charge in [0.15, 0.2) is 5.82 Å². The van der Waals surface area contributed by atoms with E-state index in [1.807, 2.05) is 30.3 Å². The minimum absolute atomic E-state index is 0. The van der Waals surface area contributed by atoms with Gasteiger partial charge in [0.2, 0.25) is 0 Å². The monoisotopic (exact) mass is 623 g/mol. The van der Waals surface area contributed by atoms with Gasteiger partial charge in [0.05, 0.1) is 18.0 Å². The summed E-state index contributed by atoms with van der Waals surface area (Å²) in [6.07, 6.45) is -0.278. The summed E-state index contributed by atoms with van der Waals surface area (Å²) < 4.78 is 2.09. The SMILES string of the molecule is CC(O)CC(C)O.Cc1c[c-]c(-c2nnc(-c3ccc(C)cc3)n2-c2ccccc2)cc1.[Pt]. The van der Waals surface area contributed by atoms with E-state index in [1.54, 1.807) is 13.8 Å². The maximum atomic E-state index is 8.56. The molecule has 4 aromatic rings. The summed E-state index contributed by atoms with van der Waals surface area (Å²) in [4.78, 5) is 0. The topological polar surface area (TPSA) is 71.2 Å². The Morgan fingerprint density at radius 1 is 0.788 bits per heavy atom. The Hall–Kier alpha value is -2.59. The van der Waals surface area contributed by atoms with Crippen molar-refractivity contribution in [1.82, 2.24) is 14.8 Å². The number of nitrogens with zero attached hydrogens (tertiary/aromatic N) is 3. The Morgan fingerprint density at radius 2 is 1.36 bits per heavy atom. The Bertz CT molecular complexity index is 1040. The van der Waals surface area contributed by atoms with Crippen LogP contribution in [0, 0.1) is 19.9 Å². The van der Waals surface area contributed by atoms with Gasteiger partial charge >= 0.3 is 0 Å². The zero-order valence-electron chi connectivity index (χ0n) is 19.3. The summed E-state index contributed by atoms with van der Waals surface area (Å²) >= 11 is 0. The Morgan fingerprint density at radius 3 is 1.88 bits per heavy atom. The molecule has 33 heavy (non-hydrogen) atoms. The van der Waals surface area contributed by atoms with Crippen LogP contribution in [0.25, 0.3) is 28.5 Å². The number of hydrogen-bond donors (Lipinski definition) is 2. The second-order valence-electron chi connectivity index (χ2n) is 8.10. The van der Waals surface area contributed by atoms with E-state index in [-0.39, 0.29) is 33.3 Å².